The number of alkyl halides is 1. The molecule has 0 aromatic carbocycles. The Morgan fingerprint density at radius 3 is 2.80 bits per heavy atom. The van der Waals surface area contributed by atoms with Crippen LogP contribution in [0.2, 0.25) is 0 Å². The molecular weight excluding hydrogens is 302 g/mol. The first-order valence-electron chi connectivity index (χ1n) is 6.72. The van der Waals surface area contributed by atoms with E-state index in [4.69, 9.17) is 16.3 Å². The van der Waals surface area contributed by atoms with Crippen LogP contribution in [0.5, 0.6) is 0 Å². The molecule has 0 saturated carbocycles. The normalized spacial score (nSPS) is 12.2. The van der Waals surface area contributed by atoms with E-state index < -0.39 is 10.0 Å². The van der Waals surface area contributed by atoms with E-state index in [1.165, 1.54) is 10.5 Å². The molecule has 0 aliphatic rings. The van der Waals surface area contributed by atoms with Gasteiger partial charge in [-0.2, -0.15) is 9.40 Å². The summed E-state index contributed by atoms with van der Waals surface area (Å²) in [5, 5.41) is 4.05. The summed E-state index contributed by atoms with van der Waals surface area (Å²) in [4.78, 5) is 0.213. The number of nitrogens with zero attached hydrogens (tertiary/aromatic N) is 3. The Morgan fingerprint density at radius 1 is 1.45 bits per heavy atom. The third-order valence-corrected chi connectivity index (χ3v) is 5.00. The van der Waals surface area contributed by atoms with Gasteiger partial charge in [0.05, 0.1) is 12.8 Å². The number of aromatic nitrogens is 2. The van der Waals surface area contributed by atoms with Crippen molar-refractivity contribution in [3.63, 3.8) is 0 Å². The largest absolute Gasteiger partial charge is 0.380 e. The van der Waals surface area contributed by atoms with Gasteiger partial charge in [-0.25, -0.2) is 8.42 Å². The maximum Gasteiger partial charge on any atom is 0.246 e. The molecule has 0 aliphatic carbocycles. The Balaban J connectivity index is 2.76. The number of hydrogen-bond donors (Lipinski definition) is 0. The number of hydrogen-bond acceptors (Lipinski definition) is 4. The SMILES string of the molecule is CCOCCN(CC)S(=O)(=O)c1cnn(CCCCl)c1. The molecule has 0 radical (unpaired) electrons. The van der Waals surface area contributed by atoms with Crippen molar-refractivity contribution in [2.24, 2.45) is 0 Å². The monoisotopic (exact) mass is 323 g/mol. The van der Waals surface area contributed by atoms with Gasteiger partial charge in [0.2, 0.25) is 10.0 Å². The lowest BCUT2D eigenvalue weighted by atomic mass is 10.5. The molecule has 6 nitrogen and oxygen atoms in total. The smallest absolute Gasteiger partial charge is 0.246 e. The summed E-state index contributed by atoms with van der Waals surface area (Å²) in [6.45, 7) is 6.02. The summed E-state index contributed by atoms with van der Waals surface area (Å²) in [5.74, 6) is 0.525. The first kappa shape index (κ1) is 17.4. The minimum Gasteiger partial charge on any atom is -0.380 e. The van der Waals surface area contributed by atoms with Crippen LogP contribution in [0.25, 0.3) is 0 Å². The van der Waals surface area contributed by atoms with Gasteiger partial charge in [-0.15, -0.1) is 11.6 Å². The van der Waals surface area contributed by atoms with E-state index in [0.717, 1.165) is 6.42 Å². The van der Waals surface area contributed by atoms with Gasteiger partial charge >= 0.3 is 0 Å². The van der Waals surface area contributed by atoms with Crippen molar-refractivity contribution in [2.75, 3.05) is 32.2 Å². The van der Waals surface area contributed by atoms with Gasteiger partial charge in [0.1, 0.15) is 4.90 Å². The van der Waals surface area contributed by atoms with Crippen molar-refractivity contribution < 1.29 is 13.2 Å². The van der Waals surface area contributed by atoms with Crippen molar-refractivity contribution in [3.8, 4) is 0 Å². The van der Waals surface area contributed by atoms with Crippen LogP contribution in [-0.4, -0.2) is 54.7 Å². The van der Waals surface area contributed by atoms with Crippen molar-refractivity contribution in [2.45, 2.75) is 31.7 Å². The summed E-state index contributed by atoms with van der Waals surface area (Å²) >= 11 is 5.61. The average Bonchev–Trinajstić information content (AvgIpc) is 2.90. The highest BCUT2D eigenvalue weighted by Crippen LogP contribution is 2.14. The van der Waals surface area contributed by atoms with E-state index in [0.29, 0.717) is 38.7 Å². The van der Waals surface area contributed by atoms with Gasteiger partial charge in [0.15, 0.2) is 0 Å². The molecule has 0 saturated heterocycles. The molecule has 0 spiro atoms. The van der Waals surface area contributed by atoms with Gasteiger partial charge < -0.3 is 4.74 Å². The summed E-state index contributed by atoms with van der Waals surface area (Å²) in [6, 6.07) is 0. The van der Waals surface area contributed by atoms with E-state index in [2.05, 4.69) is 5.10 Å². The van der Waals surface area contributed by atoms with Gasteiger partial charge in [0.25, 0.3) is 0 Å². The van der Waals surface area contributed by atoms with Crippen LogP contribution >= 0.6 is 11.6 Å². The molecule has 1 heterocycles. The van der Waals surface area contributed by atoms with Crippen LogP contribution < -0.4 is 0 Å². The molecule has 0 aliphatic heterocycles. The highest BCUT2D eigenvalue weighted by atomic mass is 35.5. The summed E-state index contributed by atoms with van der Waals surface area (Å²) < 4.78 is 33.1. The fourth-order valence-electron chi connectivity index (χ4n) is 1.73. The second kappa shape index (κ2) is 8.61. The Kier molecular flexibility index (Phi) is 7.50. The molecule has 0 atom stereocenters. The van der Waals surface area contributed by atoms with Crippen LogP contribution in [0.4, 0.5) is 0 Å². The van der Waals surface area contributed by atoms with E-state index >= 15 is 0 Å². The van der Waals surface area contributed by atoms with Crippen LogP contribution in [0.3, 0.4) is 0 Å². The number of likely N-dealkylation sites (N-methyl/N-ethyl adjacent to an activating group) is 1. The minimum atomic E-state index is -3.50. The Labute approximate surface area is 125 Å². The second-order valence-electron chi connectivity index (χ2n) is 4.18. The molecule has 1 aromatic rings. The second-order valence-corrected chi connectivity index (χ2v) is 6.49. The maximum atomic E-state index is 12.4. The quantitative estimate of drug-likeness (QED) is 0.484. The molecule has 0 unspecified atom stereocenters. The lowest BCUT2D eigenvalue weighted by Gasteiger charge is -2.19. The van der Waals surface area contributed by atoms with E-state index in [-0.39, 0.29) is 4.90 Å². The first-order chi connectivity index (χ1) is 9.56. The van der Waals surface area contributed by atoms with E-state index in [1.54, 1.807) is 17.8 Å². The highest BCUT2D eigenvalue weighted by Gasteiger charge is 2.24. The highest BCUT2D eigenvalue weighted by molar-refractivity contribution is 7.89. The molecule has 1 rings (SSSR count). The van der Waals surface area contributed by atoms with Gasteiger partial charge in [-0.05, 0) is 13.3 Å². The average molecular weight is 324 g/mol. The molecule has 0 amide bonds. The third-order valence-electron chi connectivity index (χ3n) is 2.81. The molecule has 0 N–H and O–H groups in total. The Hall–Kier alpha value is -0.630. The maximum absolute atomic E-state index is 12.4. The van der Waals surface area contributed by atoms with Gasteiger partial charge in [0, 0.05) is 38.3 Å². The summed E-state index contributed by atoms with van der Waals surface area (Å²) in [7, 11) is -3.50. The summed E-state index contributed by atoms with van der Waals surface area (Å²) in [6.07, 6.45) is 3.68. The minimum absolute atomic E-state index is 0.213. The zero-order chi connectivity index (χ0) is 15.0. The predicted octanol–water partition coefficient (Wildman–Crippen LogP) is 1.56. The Morgan fingerprint density at radius 2 is 2.20 bits per heavy atom. The van der Waals surface area contributed by atoms with Crippen LogP contribution in [0.15, 0.2) is 17.3 Å². The van der Waals surface area contributed by atoms with Crippen molar-refractivity contribution >= 4 is 21.6 Å². The molecule has 116 valence electrons. The molecule has 8 heteroatoms. The standard InChI is InChI=1S/C12H22ClN3O3S/c1-3-16(8-9-19-4-2)20(17,18)12-10-14-15(11-12)7-5-6-13/h10-11H,3-9H2,1-2H3. The molecule has 0 fully saturated rings. The van der Waals surface area contributed by atoms with E-state index in [1.807, 2.05) is 6.92 Å². The van der Waals surface area contributed by atoms with Crippen LogP contribution in [0.1, 0.15) is 20.3 Å². The lowest BCUT2D eigenvalue weighted by molar-refractivity contribution is 0.135. The zero-order valence-corrected chi connectivity index (χ0v) is 13.5. The first-order valence-corrected chi connectivity index (χ1v) is 8.70. The van der Waals surface area contributed by atoms with Crippen molar-refractivity contribution in [3.05, 3.63) is 12.4 Å². The Bertz CT molecular complexity index is 490. The molecule has 1 aromatic heterocycles. The fraction of sp³-hybridized carbons (Fsp3) is 0.750. The predicted molar refractivity (Wildman–Crippen MR) is 78.5 cm³/mol. The number of ether oxygens (including phenoxy) is 1. The third kappa shape index (κ3) is 4.73. The number of rotatable bonds is 10. The lowest BCUT2D eigenvalue weighted by Crippen LogP contribution is -2.33. The van der Waals surface area contributed by atoms with Gasteiger partial charge in [-0.1, -0.05) is 6.92 Å². The van der Waals surface area contributed by atoms with Crippen LogP contribution in [-0.2, 0) is 21.3 Å². The number of halogens is 1. The van der Waals surface area contributed by atoms with Crippen LogP contribution in [0, 0.1) is 0 Å². The van der Waals surface area contributed by atoms with Crippen molar-refractivity contribution in [1.82, 2.24) is 14.1 Å². The summed E-state index contributed by atoms with van der Waals surface area (Å²) in [5.41, 5.74) is 0. The molecule has 0 bridgehead atoms. The molecular formula is C12H22ClN3O3S. The van der Waals surface area contributed by atoms with E-state index in [9.17, 15) is 8.42 Å². The topological polar surface area (TPSA) is 64.4 Å². The van der Waals surface area contributed by atoms with Gasteiger partial charge in [-0.3, -0.25) is 4.68 Å². The number of sulfonamides is 1. The number of aryl methyl sites for hydroxylation is 1. The van der Waals surface area contributed by atoms with Crippen molar-refractivity contribution in [1.29, 1.82) is 0 Å². The fourth-order valence-corrected chi connectivity index (χ4v) is 3.24. The zero-order valence-electron chi connectivity index (χ0n) is 12.0. The molecule has 20 heavy (non-hydrogen) atoms.